The Morgan fingerprint density at radius 3 is 2.27 bits per heavy atom. The van der Waals surface area contributed by atoms with Crippen LogP contribution in [0.1, 0.15) is 12.0 Å². The number of hydrogen-bond acceptors (Lipinski definition) is 4. The van der Waals surface area contributed by atoms with E-state index in [2.05, 4.69) is 4.72 Å². The minimum atomic E-state index is -3.70. The third-order valence-corrected chi connectivity index (χ3v) is 5.63. The SMILES string of the molecule is Cc1ccc(S(=O)(=O)Nc2ccc(N3CC(C(=O)O)CC3=O)cc2)cc1. The molecule has 1 aliphatic heterocycles. The van der Waals surface area contributed by atoms with Gasteiger partial charge in [0.05, 0.1) is 10.8 Å². The highest BCUT2D eigenvalue weighted by atomic mass is 32.2. The standard InChI is InChI=1S/C18H18N2O5S/c1-12-2-8-16(9-3-12)26(24,25)19-14-4-6-15(7-5-14)20-11-13(18(22)23)10-17(20)21/h2-9,13,19H,10-11H2,1H3,(H,22,23). The lowest BCUT2D eigenvalue weighted by Gasteiger charge is -2.17. The van der Waals surface area contributed by atoms with Crippen LogP contribution in [0.3, 0.4) is 0 Å². The predicted octanol–water partition coefficient (Wildman–Crippen LogP) is 2.23. The van der Waals surface area contributed by atoms with Crippen molar-refractivity contribution in [1.82, 2.24) is 0 Å². The number of nitrogens with one attached hydrogen (secondary N) is 1. The molecule has 0 aliphatic carbocycles. The molecule has 1 heterocycles. The van der Waals surface area contributed by atoms with Crippen LogP contribution in [0.15, 0.2) is 53.4 Å². The maximum atomic E-state index is 12.4. The third-order valence-electron chi connectivity index (χ3n) is 4.24. The zero-order valence-corrected chi connectivity index (χ0v) is 14.9. The van der Waals surface area contributed by atoms with E-state index in [9.17, 15) is 18.0 Å². The van der Waals surface area contributed by atoms with Crippen LogP contribution >= 0.6 is 0 Å². The van der Waals surface area contributed by atoms with Crippen molar-refractivity contribution in [2.75, 3.05) is 16.2 Å². The smallest absolute Gasteiger partial charge is 0.308 e. The molecule has 1 aliphatic rings. The number of aliphatic carboxylic acids is 1. The van der Waals surface area contributed by atoms with Crippen LogP contribution in [0.25, 0.3) is 0 Å². The van der Waals surface area contributed by atoms with Crippen molar-refractivity contribution >= 4 is 33.3 Å². The summed E-state index contributed by atoms with van der Waals surface area (Å²) >= 11 is 0. The first-order chi connectivity index (χ1) is 12.3. The molecule has 1 saturated heterocycles. The first kappa shape index (κ1) is 17.9. The molecule has 1 fully saturated rings. The summed E-state index contributed by atoms with van der Waals surface area (Å²) in [5.41, 5.74) is 1.86. The number of sulfonamides is 1. The van der Waals surface area contributed by atoms with E-state index in [1.54, 1.807) is 36.4 Å². The monoisotopic (exact) mass is 374 g/mol. The predicted molar refractivity (Wildman–Crippen MR) is 96.5 cm³/mol. The van der Waals surface area contributed by atoms with Gasteiger partial charge in [0.2, 0.25) is 5.91 Å². The van der Waals surface area contributed by atoms with Gasteiger partial charge in [0, 0.05) is 24.3 Å². The van der Waals surface area contributed by atoms with Gasteiger partial charge >= 0.3 is 5.97 Å². The maximum Gasteiger partial charge on any atom is 0.308 e. The Morgan fingerprint density at radius 1 is 1.12 bits per heavy atom. The molecule has 26 heavy (non-hydrogen) atoms. The summed E-state index contributed by atoms with van der Waals surface area (Å²) in [6.45, 7) is 1.99. The summed E-state index contributed by atoms with van der Waals surface area (Å²) < 4.78 is 27.3. The Labute approximate surface area is 151 Å². The van der Waals surface area contributed by atoms with Gasteiger partial charge in [0.15, 0.2) is 0 Å². The minimum absolute atomic E-state index is 0.0306. The lowest BCUT2D eigenvalue weighted by Crippen LogP contribution is -2.25. The zero-order chi connectivity index (χ0) is 18.9. The fourth-order valence-corrected chi connectivity index (χ4v) is 3.82. The lowest BCUT2D eigenvalue weighted by atomic mass is 10.1. The van der Waals surface area contributed by atoms with E-state index in [0.29, 0.717) is 11.4 Å². The minimum Gasteiger partial charge on any atom is -0.481 e. The molecule has 0 aromatic heterocycles. The molecule has 2 aromatic carbocycles. The van der Waals surface area contributed by atoms with Gasteiger partial charge in [-0.05, 0) is 43.3 Å². The topological polar surface area (TPSA) is 104 Å². The Bertz CT molecular complexity index is 937. The third kappa shape index (κ3) is 3.70. The Morgan fingerprint density at radius 2 is 1.73 bits per heavy atom. The molecule has 0 spiro atoms. The van der Waals surface area contributed by atoms with E-state index in [1.807, 2.05) is 6.92 Å². The van der Waals surface area contributed by atoms with Crippen molar-refractivity contribution < 1.29 is 23.1 Å². The summed E-state index contributed by atoms with van der Waals surface area (Å²) in [5, 5.41) is 9.04. The van der Waals surface area contributed by atoms with Crippen LogP contribution in [0.2, 0.25) is 0 Å². The summed E-state index contributed by atoms with van der Waals surface area (Å²) in [7, 11) is -3.70. The Balaban J connectivity index is 1.75. The van der Waals surface area contributed by atoms with Crippen molar-refractivity contribution in [2.45, 2.75) is 18.2 Å². The molecular formula is C18H18N2O5S. The second-order valence-corrected chi connectivity index (χ2v) is 7.89. The molecule has 0 saturated carbocycles. The Hall–Kier alpha value is -2.87. The van der Waals surface area contributed by atoms with E-state index in [-0.39, 0.29) is 23.8 Å². The lowest BCUT2D eigenvalue weighted by molar-refractivity contribution is -0.141. The number of amides is 1. The van der Waals surface area contributed by atoms with E-state index in [0.717, 1.165) is 5.56 Å². The van der Waals surface area contributed by atoms with Crippen LogP contribution in [0.4, 0.5) is 11.4 Å². The first-order valence-electron chi connectivity index (χ1n) is 7.99. The van der Waals surface area contributed by atoms with Gasteiger partial charge in [0.25, 0.3) is 10.0 Å². The maximum absolute atomic E-state index is 12.4. The van der Waals surface area contributed by atoms with Gasteiger partial charge in [-0.3, -0.25) is 14.3 Å². The van der Waals surface area contributed by atoms with Crippen molar-refractivity contribution in [2.24, 2.45) is 5.92 Å². The van der Waals surface area contributed by atoms with Crippen LogP contribution in [-0.4, -0.2) is 31.9 Å². The fraction of sp³-hybridized carbons (Fsp3) is 0.222. The van der Waals surface area contributed by atoms with E-state index in [4.69, 9.17) is 5.11 Å². The largest absolute Gasteiger partial charge is 0.481 e. The number of carbonyl (C=O) groups is 2. The molecule has 8 heteroatoms. The molecule has 0 bridgehead atoms. The number of rotatable bonds is 5. The van der Waals surface area contributed by atoms with Crippen molar-refractivity contribution in [3.05, 3.63) is 54.1 Å². The molecule has 7 nitrogen and oxygen atoms in total. The van der Waals surface area contributed by atoms with Gasteiger partial charge in [-0.25, -0.2) is 8.42 Å². The second-order valence-electron chi connectivity index (χ2n) is 6.21. The number of carboxylic acids is 1. The number of carboxylic acid groups (broad SMARTS) is 1. The van der Waals surface area contributed by atoms with Crippen LogP contribution in [-0.2, 0) is 19.6 Å². The number of carbonyl (C=O) groups excluding carboxylic acids is 1. The average Bonchev–Trinajstić information content (AvgIpc) is 2.98. The van der Waals surface area contributed by atoms with Gasteiger partial charge in [-0.15, -0.1) is 0 Å². The van der Waals surface area contributed by atoms with Gasteiger partial charge in [0.1, 0.15) is 0 Å². The molecule has 2 N–H and O–H groups in total. The first-order valence-corrected chi connectivity index (χ1v) is 9.47. The molecule has 1 atom stereocenters. The molecule has 136 valence electrons. The van der Waals surface area contributed by atoms with E-state index >= 15 is 0 Å². The zero-order valence-electron chi connectivity index (χ0n) is 14.0. The van der Waals surface area contributed by atoms with Gasteiger partial charge in [-0.2, -0.15) is 0 Å². The van der Waals surface area contributed by atoms with Crippen molar-refractivity contribution in [1.29, 1.82) is 0 Å². The highest BCUT2D eigenvalue weighted by molar-refractivity contribution is 7.92. The van der Waals surface area contributed by atoms with Crippen LogP contribution < -0.4 is 9.62 Å². The van der Waals surface area contributed by atoms with Crippen LogP contribution in [0.5, 0.6) is 0 Å². The fourth-order valence-electron chi connectivity index (χ4n) is 2.76. The van der Waals surface area contributed by atoms with Gasteiger partial charge < -0.3 is 10.0 Å². The molecule has 0 radical (unpaired) electrons. The highest BCUT2D eigenvalue weighted by Crippen LogP contribution is 2.27. The van der Waals surface area contributed by atoms with Crippen molar-refractivity contribution in [3.63, 3.8) is 0 Å². The number of hydrogen-bond donors (Lipinski definition) is 2. The molecule has 3 rings (SSSR count). The van der Waals surface area contributed by atoms with Crippen LogP contribution in [0, 0.1) is 12.8 Å². The number of benzene rings is 2. The summed E-state index contributed by atoms with van der Waals surface area (Å²) in [6, 6.07) is 12.8. The second kappa shape index (κ2) is 6.80. The molecule has 1 amide bonds. The normalized spacial score (nSPS) is 17.3. The van der Waals surface area contributed by atoms with Gasteiger partial charge in [-0.1, -0.05) is 17.7 Å². The number of aryl methyl sites for hydroxylation is 1. The molecule has 1 unspecified atom stereocenters. The average molecular weight is 374 g/mol. The summed E-state index contributed by atoms with van der Waals surface area (Å²) in [6.07, 6.45) is -0.0306. The number of nitrogens with zero attached hydrogens (tertiary/aromatic N) is 1. The van der Waals surface area contributed by atoms with E-state index < -0.39 is 21.9 Å². The summed E-state index contributed by atoms with van der Waals surface area (Å²) in [4.78, 5) is 24.6. The number of anilines is 2. The summed E-state index contributed by atoms with van der Waals surface area (Å²) in [5.74, 6) is -1.98. The highest BCUT2D eigenvalue weighted by Gasteiger charge is 2.35. The quantitative estimate of drug-likeness (QED) is 0.835. The molecule has 2 aromatic rings. The Kier molecular flexibility index (Phi) is 4.69. The molecular weight excluding hydrogens is 356 g/mol. The van der Waals surface area contributed by atoms with E-state index in [1.165, 1.54) is 17.0 Å². The van der Waals surface area contributed by atoms with Crippen molar-refractivity contribution in [3.8, 4) is 0 Å².